The highest BCUT2D eigenvalue weighted by Crippen LogP contribution is 2.39. The smallest absolute Gasteiger partial charge is 0.321 e. The molecule has 2 fully saturated rings. The summed E-state index contributed by atoms with van der Waals surface area (Å²) in [6.07, 6.45) is 7.37. The van der Waals surface area contributed by atoms with Crippen LogP contribution < -0.4 is 5.32 Å². The summed E-state index contributed by atoms with van der Waals surface area (Å²) < 4.78 is 1.98. The van der Waals surface area contributed by atoms with E-state index < -0.39 is 0 Å². The second-order valence-electron chi connectivity index (χ2n) is 6.16. The molecule has 21 heavy (non-hydrogen) atoms. The first kappa shape index (κ1) is 14.8. The Morgan fingerprint density at radius 1 is 1.43 bits per heavy atom. The molecular weight excluding hydrogens is 284 g/mol. The third-order valence-corrected chi connectivity index (χ3v) is 5.52. The number of hydrogen-bond donors (Lipinski definition) is 1. The predicted octanol–water partition coefficient (Wildman–Crippen LogP) is 3.21. The lowest BCUT2D eigenvalue weighted by Crippen LogP contribution is -2.41. The third kappa shape index (κ3) is 3.54. The minimum absolute atomic E-state index is 0.00336. The second kappa shape index (κ2) is 6.30. The summed E-state index contributed by atoms with van der Waals surface area (Å²) in [6, 6.07) is 0.744. The molecule has 2 amide bonds. The summed E-state index contributed by atoms with van der Waals surface area (Å²) in [5.74, 6) is 2.92. The molecule has 2 atom stereocenters. The molecule has 0 radical (unpaired) electrons. The van der Waals surface area contributed by atoms with Gasteiger partial charge in [0.15, 0.2) is 0 Å². The van der Waals surface area contributed by atoms with Gasteiger partial charge in [-0.3, -0.25) is 4.68 Å². The van der Waals surface area contributed by atoms with E-state index in [0.29, 0.717) is 12.1 Å². The second-order valence-corrected chi connectivity index (χ2v) is 7.39. The van der Waals surface area contributed by atoms with Gasteiger partial charge in [-0.25, -0.2) is 4.79 Å². The van der Waals surface area contributed by atoms with Crippen LogP contribution in [0.15, 0.2) is 12.4 Å². The van der Waals surface area contributed by atoms with E-state index in [1.807, 2.05) is 27.5 Å². The maximum Gasteiger partial charge on any atom is 0.322 e. The molecule has 5 nitrogen and oxygen atoms in total. The van der Waals surface area contributed by atoms with Crippen LogP contribution >= 0.6 is 11.8 Å². The lowest BCUT2D eigenvalue weighted by atomic mass is 10.2. The molecule has 2 aliphatic rings. The van der Waals surface area contributed by atoms with E-state index in [4.69, 9.17) is 0 Å². The van der Waals surface area contributed by atoms with E-state index in [1.165, 1.54) is 12.8 Å². The SMILES string of the molecule is C[C@@H]1CCSCCN1C(=O)Nc1cnn([C@@H](C)C2CC2)c1. The summed E-state index contributed by atoms with van der Waals surface area (Å²) in [5.41, 5.74) is 0.802. The molecule has 0 unspecified atom stereocenters. The number of amides is 2. The van der Waals surface area contributed by atoms with Crippen molar-refractivity contribution in [3.63, 3.8) is 0 Å². The quantitative estimate of drug-likeness (QED) is 0.933. The van der Waals surface area contributed by atoms with Crippen molar-refractivity contribution in [2.75, 3.05) is 23.4 Å². The van der Waals surface area contributed by atoms with Crippen LogP contribution in [0.1, 0.15) is 39.2 Å². The van der Waals surface area contributed by atoms with E-state index in [2.05, 4.69) is 24.3 Å². The van der Waals surface area contributed by atoms with E-state index in [0.717, 1.165) is 36.1 Å². The number of carbonyl (C=O) groups excluding carboxylic acids is 1. The van der Waals surface area contributed by atoms with Crippen molar-refractivity contribution in [1.82, 2.24) is 14.7 Å². The van der Waals surface area contributed by atoms with Crippen molar-refractivity contribution >= 4 is 23.5 Å². The van der Waals surface area contributed by atoms with Crippen LogP contribution in [0.25, 0.3) is 0 Å². The Bertz CT molecular complexity index is 500. The van der Waals surface area contributed by atoms with Gasteiger partial charge in [-0.05, 0) is 44.8 Å². The fourth-order valence-corrected chi connectivity index (χ4v) is 3.85. The summed E-state index contributed by atoms with van der Waals surface area (Å²) in [7, 11) is 0. The van der Waals surface area contributed by atoms with Gasteiger partial charge in [0, 0.05) is 24.5 Å². The van der Waals surface area contributed by atoms with Crippen LogP contribution in [0, 0.1) is 5.92 Å². The molecule has 2 heterocycles. The van der Waals surface area contributed by atoms with E-state index in [1.54, 1.807) is 6.20 Å². The molecule has 1 aromatic heterocycles. The van der Waals surface area contributed by atoms with E-state index >= 15 is 0 Å². The van der Waals surface area contributed by atoms with Crippen LogP contribution in [0.3, 0.4) is 0 Å². The minimum Gasteiger partial charge on any atom is -0.321 e. The monoisotopic (exact) mass is 308 g/mol. The summed E-state index contributed by atoms with van der Waals surface area (Å²) in [6.45, 7) is 5.15. The molecule has 0 bridgehead atoms. The summed E-state index contributed by atoms with van der Waals surface area (Å²) in [4.78, 5) is 14.4. The number of hydrogen-bond acceptors (Lipinski definition) is 3. The third-order valence-electron chi connectivity index (χ3n) is 4.52. The molecule has 116 valence electrons. The molecule has 1 saturated carbocycles. The summed E-state index contributed by atoms with van der Waals surface area (Å²) >= 11 is 1.93. The number of thioether (sulfide) groups is 1. The van der Waals surface area contributed by atoms with E-state index in [-0.39, 0.29) is 6.03 Å². The number of aromatic nitrogens is 2. The maximum absolute atomic E-state index is 12.4. The van der Waals surface area contributed by atoms with Crippen LogP contribution in [0.5, 0.6) is 0 Å². The molecule has 1 aliphatic heterocycles. The van der Waals surface area contributed by atoms with Crippen molar-refractivity contribution in [2.45, 2.75) is 45.2 Å². The molecular formula is C15H24N4OS. The molecule has 1 N–H and O–H groups in total. The molecule has 1 saturated heterocycles. The van der Waals surface area contributed by atoms with Crippen molar-refractivity contribution in [1.29, 1.82) is 0 Å². The Morgan fingerprint density at radius 2 is 2.24 bits per heavy atom. The van der Waals surface area contributed by atoms with Crippen molar-refractivity contribution in [3.05, 3.63) is 12.4 Å². The van der Waals surface area contributed by atoms with Gasteiger partial charge in [-0.2, -0.15) is 16.9 Å². The molecule has 1 aliphatic carbocycles. The first-order chi connectivity index (χ1) is 10.1. The largest absolute Gasteiger partial charge is 0.322 e. The van der Waals surface area contributed by atoms with Gasteiger partial charge in [0.05, 0.1) is 17.9 Å². The first-order valence-electron chi connectivity index (χ1n) is 7.84. The Hall–Kier alpha value is -1.17. The lowest BCUT2D eigenvalue weighted by Gasteiger charge is -2.26. The standard InChI is InChI=1S/C15H24N4OS/c1-11-5-7-21-8-6-18(11)15(20)17-14-9-16-19(10-14)12(2)13-3-4-13/h9-13H,3-8H2,1-2H3,(H,17,20)/t11-,12+/m1/s1. The zero-order valence-electron chi connectivity index (χ0n) is 12.8. The fourth-order valence-electron chi connectivity index (χ4n) is 2.81. The Morgan fingerprint density at radius 3 is 3.00 bits per heavy atom. The van der Waals surface area contributed by atoms with Crippen molar-refractivity contribution in [3.8, 4) is 0 Å². The molecule has 0 spiro atoms. The molecule has 3 rings (SSSR count). The summed E-state index contributed by atoms with van der Waals surface area (Å²) in [5, 5.41) is 7.39. The number of nitrogens with one attached hydrogen (secondary N) is 1. The molecule has 0 aromatic carbocycles. The van der Waals surface area contributed by atoms with Gasteiger partial charge >= 0.3 is 6.03 Å². The predicted molar refractivity (Wildman–Crippen MR) is 86.8 cm³/mol. The average Bonchev–Trinajstić information content (AvgIpc) is 3.24. The Labute approximate surface area is 130 Å². The topological polar surface area (TPSA) is 50.2 Å². The number of carbonyl (C=O) groups is 1. The Balaban J connectivity index is 1.61. The highest BCUT2D eigenvalue weighted by atomic mass is 32.2. The van der Waals surface area contributed by atoms with Crippen molar-refractivity contribution < 1.29 is 4.79 Å². The van der Waals surface area contributed by atoms with Gasteiger partial charge in [-0.15, -0.1) is 0 Å². The lowest BCUT2D eigenvalue weighted by molar-refractivity contribution is 0.197. The normalized spacial score (nSPS) is 24.5. The zero-order valence-corrected chi connectivity index (χ0v) is 13.6. The van der Waals surface area contributed by atoms with Gasteiger partial charge in [-0.1, -0.05) is 0 Å². The highest BCUT2D eigenvalue weighted by molar-refractivity contribution is 7.99. The van der Waals surface area contributed by atoms with E-state index in [9.17, 15) is 4.79 Å². The molecule has 1 aromatic rings. The fraction of sp³-hybridized carbons (Fsp3) is 0.733. The van der Waals surface area contributed by atoms with Crippen molar-refractivity contribution in [2.24, 2.45) is 5.92 Å². The van der Waals surface area contributed by atoms with Crippen LogP contribution in [-0.4, -0.2) is 44.8 Å². The number of urea groups is 1. The minimum atomic E-state index is 0.00336. The number of anilines is 1. The van der Waals surface area contributed by atoms with Crippen LogP contribution in [0.4, 0.5) is 10.5 Å². The highest BCUT2D eigenvalue weighted by Gasteiger charge is 2.30. The van der Waals surface area contributed by atoms with Gasteiger partial charge < -0.3 is 10.2 Å². The van der Waals surface area contributed by atoms with Gasteiger partial charge in [0.1, 0.15) is 0 Å². The molecule has 6 heteroatoms. The first-order valence-corrected chi connectivity index (χ1v) is 9.00. The van der Waals surface area contributed by atoms with Crippen LogP contribution in [0.2, 0.25) is 0 Å². The van der Waals surface area contributed by atoms with Gasteiger partial charge in [0.25, 0.3) is 0 Å². The zero-order chi connectivity index (χ0) is 14.8. The average molecular weight is 308 g/mol. The van der Waals surface area contributed by atoms with Gasteiger partial charge in [0.2, 0.25) is 0 Å². The van der Waals surface area contributed by atoms with Crippen LogP contribution in [-0.2, 0) is 0 Å². The number of rotatable bonds is 3. The Kier molecular flexibility index (Phi) is 4.42. The number of nitrogens with zero attached hydrogens (tertiary/aromatic N) is 3. The maximum atomic E-state index is 12.4.